The van der Waals surface area contributed by atoms with Gasteiger partial charge < -0.3 is 11.1 Å². The number of nitrogens with zero attached hydrogens (tertiary/aromatic N) is 4. The molecule has 17 heteroatoms. The van der Waals surface area contributed by atoms with Crippen molar-refractivity contribution in [3.8, 4) is 0 Å². The first-order chi connectivity index (χ1) is 15.9. The predicted octanol–water partition coefficient (Wildman–Crippen LogP) is 3.64. The molecule has 192 valence electrons. The zero-order valence-corrected chi connectivity index (χ0v) is 18.2. The van der Waals surface area contributed by atoms with Gasteiger partial charge in [0, 0.05) is 13.1 Å². The third-order valence-corrected chi connectivity index (χ3v) is 5.14. The second-order valence-corrected chi connectivity index (χ2v) is 7.91. The monoisotopic (exact) mass is 533 g/mol. The minimum Gasteiger partial charge on any atom is -0.380 e. The second kappa shape index (κ2) is 8.82. The summed E-state index contributed by atoms with van der Waals surface area (Å²) in [5.74, 6) is -2.00. The first-order valence-corrected chi connectivity index (χ1v) is 9.91. The van der Waals surface area contributed by atoms with Gasteiger partial charge in [0.1, 0.15) is 11.3 Å². The van der Waals surface area contributed by atoms with Gasteiger partial charge in [-0.1, -0.05) is 11.6 Å². The van der Waals surface area contributed by atoms with Crippen LogP contribution >= 0.6 is 11.6 Å². The van der Waals surface area contributed by atoms with Crippen LogP contribution in [0.4, 0.5) is 40.8 Å². The standard InChI is InChI=1S/C18H16ClF8N7O/c1-33-12(11(17(22,23)24)13(31-33)16(20,21)18(25,26)27)14(28)32-34(29)8-4-5-10(19)9(6-8)15(35)30-7-2-3-7/h4-7H,2-3,29H2,1H3,(H2,28,32)(H,30,35). The fraction of sp³-hybridized carbons (Fsp3) is 0.389. The van der Waals surface area contributed by atoms with Crippen molar-refractivity contribution in [1.82, 2.24) is 15.1 Å². The van der Waals surface area contributed by atoms with E-state index >= 15 is 0 Å². The molecule has 1 saturated carbocycles. The summed E-state index contributed by atoms with van der Waals surface area (Å²) in [5.41, 5.74) is -1.04. The molecule has 0 atom stereocenters. The number of nitrogens with one attached hydrogen (secondary N) is 1. The van der Waals surface area contributed by atoms with E-state index in [4.69, 9.17) is 23.2 Å². The number of amidine groups is 1. The van der Waals surface area contributed by atoms with Crippen molar-refractivity contribution in [2.45, 2.75) is 37.2 Å². The number of carbonyl (C=O) groups is 1. The fourth-order valence-electron chi connectivity index (χ4n) is 2.98. The lowest BCUT2D eigenvalue weighted by Gasteiger charge is -2.20. The first-order valence-electron chi connectivity index (χ1n) is 9.54. The number of amides is 1. The molecule has 1 aromatic carbocycles. The Kier molecular flexibility index (Phi) is 6.67. The van der Waals surface area contributed by atoms with E-state index in [1.165, 1.54) is 12.1 Å². The molecule has 0 radical (unpaired) electrons. The summed E-state index contributed by atoms with van der Waals surface area (Å²) >= 11 is 6.00. The number of aromatic nitrogens is 2. The van der Waals surface area contributed by atoms with Crippen LogP contribution < -0.4 is 22.0 Å². The predicted molar refractivity (Wildman–Crippen MR) is 107 cm³/mol. The van der Waals surface area contributed by atoms with Crippen LogP contribution in [0.2, 0.25) is 5.02 Å². The van der Waals surface area contributed by atoms with Crippen molar-refractivity contribution >= 4 is 29.0 Å². The quantitative estimate of drug-likeness (QED) is 0.172. The van der Waals surface area contributed by atoms with Gasteiger partial charge in [0.05, 0.1) is 16.3 Å². The van der Waals surface area contributed by atoms with Crippen LogP contribution in [0.1, 0.15) is 40.2 Å². The Morgan fingerprint density at radius 1 is 1.20 bits per heavy atom. The first kappa shape index (κ1) is 26.5. The molecule has 0 aliphatic heterocycles. The number of hydrazine groups is 1. The maximum atomic E-state index is 13.8. The van der Waals surface area contributed by atoms with Gasteiger partial charge in [0.15, 0.2) is 11.5 Å². The van der Waals surface area contributed by atoms with Crippen LogP contribution in [0.3, 0.4) is 0 Å². The van der Waals surface area contributed by atoms with Crippen LogP contribution in [0.5, 0.6) is 0 Å². The van der Waals surface area contributed by atoms with Gasteiger partial charge in [-0.2, -0.15) is 45.3 Å². The molecular formula is C18H16ClF8N7O. The average Bonchev–Trinajstić information content (AvgIpc) is 3.44. The molecule has 1 aliphatic carbocycles. The molecule has 1 fully saturated rings. The molecule has 1 amide bonds. The Balaban J connectivity index is 2.04. The molecule has 0 saturated heterocycles. The molecule has 1 aliphatic rings. The Hall–Kier alpha value is -3.14. The number of nitrogens with two attached hydrogens (primary N) is 2. The highest BCUT2D eigenvalue weighted by atomic mass is 35.5. The lowest BCUT2D eigenvalue weighted by atomic mass is 10.1. The number of hydrogen-bond donors (Lipinski definition) is 3. The third kappa shape index (κ3) is 5.27. The summed E-state index contributed by atoms with van der Waals surface area (Å²) in [6.07, 6.45) is -10.5. The SMILES string of the molecule is Cn1nc(C(F)(F)C(F)(F)F)c(C(F)(F)F)c1/C(N)=N/N(N)c1ccc(Cl)c(C(=O)NC2CC2)c1. The van der Waals surface area contributed by atoms with Gasteiger partial charge in [-0.05, 0) is 31.0 Å². The molecule has 3 rings (SSSR count). The summed E-state index contributed by atoms with van der Waals surface area (Å²) in [6, 6.07) is 3.55. The van der Waals surface area contributed by atoms with Crippen molar-refractivity contribution in [3.63, 3.8) is 0 Å². The molecule has 0 unspecified atom stereocenters. The van der Waals surface area contributed by atoms with Gasteiger partial charge in [0.2, 0.25) is 0 Å². The number of carbonyl (C=O) groups excluding carboxylic acids is 1. The Morgan fingerprint density at radius 2 is 1.80 bits per heavy atom. The van der Waals surface area contributed by atoms with E-state index in [0.717, 1.165) is 18.9 Å². The maximum absolute atomic E-state index is 13.8. The van der Waals surface area contributed by atoms with Crippen molar-refractivity contribution in [2.75, 3.05) is 5.12 Å². The van der Waals surface area contributed by atoms with Crippen molar-refractivity contribution in [3.05, 3.63) is 45.7 Å². The van der Waals surface area contributed by atoms with Gasteiger partial charge in [-0.15, -0.1) is 5.10 Å². The molecule has 0 bridgehead atoms. The number of hydrogen-bond acceptors (Lipinski definition) is 5. The number of anilines is 1. The number of aryl methyl sites for hydroxylation is 1. The van der Waals surface area contributed by atoms with Crippen LogP contribution in [-0.4, -0.2) is 33.7 Å². The Bertz CT molecular complexity index is 1170. The van der Waals surface area contributed by atoms with E-state index in [0.29, 0.717) is 12.2 Å². The van der Waals surface area contributed by atoms with Gasteiger partial charge in [-0.3, -0.25) is 9.48 Å². The summed E-state index contributed by atoms with van der Waals surface area (Å²) < 4.78 is 107. The molecule has 1 heterocycles. The minimum absolute atomic E-state index is 0.0160. The Labute approximate surface area is 196 Å². The zero-order chi connectivity index (χ0) is 26.5. The molecule has 0 spiro atoms. The van der Waals surface area contributed by atoms with Crippen LogP contribution in [0.25, 0.3) is 0 Å². The largest absolute Gasteiger partial charge is 0.459 e. The van der Waals surface area contributed by atoms with Crippen molar-refractivity contribution in [1.29, 1.82) is 0 Å². The highest BCUT2D eigenvalue weighted by Gasteiger charge is 2.64. The second-order valence-electron chi connectivity index (χ2n) is 7.51. The molecule has 1 aromatic heterocycles. The number of rotatable bonds is 6. The minimum atomic E-state index is -6.37. The highest BCUT2D eigenvalue weighted by Crippen LogP contribution is 2.48. The molecule has 35 heavy (non-hydrogen) atoms. The summed E-state index contributed by atoms with van der Waals surface area (Å²) in [7, 11) is 0.673. The van der Waals surface area contributed by atoms with Gasteiger partial charge >= 0.3 is 18.3 Å². The van der Waals surface area contributed by atoms with Crippen molar-refractivity contribution in [2.24, 2.45) is 23.7 Å². The lowest BCUT2D eigenvalue weighted by Crippen LogP contribution is -2.36. The van der Waals surface area contributed by atoms with Crippen molar-refractivity contribution < 1.29 is 39.9 Å². The average molecular weight is 534 g/mol. The molecule has 8 nitrogen and oxygen atoms in total. The Morgan fingerprint density at radius 3 is 2.31 bits per heavy atom. The summed E-state index contributed by atoms with van der Waals surface area (Å²) in [5, 5.41) is 9.27. The number of alkyl halides is 8. The molecular weight excluding hydrogens is 518 g/mol. The van der Waals surface area contributed by atoms with E-state index in [1.54, 1.807) is 0 Å². The van der Waals surface area contributed by atoms with E-state index in [1.807, 2.05) is 0 Å². The molecule has 5 N–H and O–H groups in total. The smallest absolute Gasteiger partial charge is 0.380 e. The van der Waals surface area contributed by atoms with E-state index in [9.17, 15) is 39.9 Å². The number of benzene rings is 1. The number of halogens is 9. The normalized spacial score (nSPS) is 15.3. The van der Waals surface area contributed by atoms with E-state index in [-0.39, 0.29) is 27.0 Å². The zero-order valence-electron chi connectivity index (χ0n) is 17.5. The van der Waals surface area contributed by atoms with Crippen LogP contribution in [-0.2, 0) is 19.1 Å². The molecule has 2 aromatic rings. The lowest BCUT2D eigenvalue weighted by molar-refractivity contribution is -0.292. The third-order valence-electron chi connectivity index (χ3n) is 4.81. The topological polar surface area (TPSA) is 115 Å². The fourth-order valence-corrected chi connectivity index (χ4v) is 3.19. The highest BCUT2D eigenvalue weighted by molar-refractivity contribution is 6.34. The van der Waals surface area contributed by atoms with Gasteiger partial charge in [-0.25, -0.2) is 5.84 Å². The van der Waals surface area contributed by atoms with E-state index < -0.39 is 47.0 Å². The van der Waals surface area contributed by atoms with Crippen LogP contribution in [0, 0.1) is 0 Å². The maximum Gasteiger partial charge on any atom is 0.459 e. The van der Waals surface area contributed by atoms with Crippen LogP contribution in [0.15, 0.2) is 23.3 Å². The summed E-state index contributed by atoms with van der Waals surface area (Å²) in [6.45, 7) is 0. The summed E-state index contributed by atoms with van der Waals surface area (Å²) in [4.78, 5) is 12.3. The van der Waals surface area contributed by atoms with E-state index in [2.05, 4.69) is 15.5 Å². The van der Waals surface area contributed by atoms with Gasteiger partial charge in [0.25, 0.3) is 5.91 Å². The number of hydrazone groups is 1.